The van der Waals surface area contributed by atoms with Crippen molar-refractivity contribution in [2.45, 2.75) is 36.5 Å². The third-order valence-electron chi connectivity index (χ3n) is 7.78. The third kappa shape index (κ3) is 8.43. The molecule has 5 rings (SSSR count). The number of rotatable bonds is 11. The van der Waals surface area contributed by atoms with Gasteiger partial charge in [-0.3, -0.25) is 5.32 Å². The van der Waals surface area contributed by atoms with Crippen molar-refractivity contribution >= 4 is 44.1 Å². The predicted octanol–water partition coefficient (Wildman–Crippen LogP) is 6.98. The van der Waals surface area contributed by atoms with E-state index in [-0.39, 0.29) is 16.8 Å². The van der Waals surface area contributed by atoms with Crippen LogP contribution in [0.1, 0.15) is 42.7 Å². The van der Waals surface area contributed by atoms with Crippen LogP contribution >= 0.6 is 22.9 Å². The summed E-state index contributed by atoms with van der Waals surface area (Å²) in [6, 6.07) is 26.6. The second-order valence-electron chi connectivity index (χ2n) is 10.6. The number of nitrogens with one attached hydrogen (secondary N) is 1. The van der Waals surface area contributed by atoms with Gasteiger partial charge in [-0.05, 0) is 54.9 Å². The van der Waals surface area contributed by atoms with Crippen LogP contribution in [0, 0.1) is 5.92 Å². The van der Waals surface area contributed by atoms with Gasteiger partial charge in [-0.15, -0.1) is 0 Å². The number of hydrogen-bond acceptors (Lipinski definition) is 6. The number of nitrogens with two attached hydrogens (primary N) is 1. The van der Waals surface area contributed by atoms with Crippen LogP contribution in [-0.2, 0) is 14.8 Å². The number of ether oxygens (including phenoxy) is 1. The summed E-state index contributed by atoms with van der Waals surface area (Å²) in [5.41, 5.74) is 3.51. The van der Waals surface area contributed by atoms with Crippen molar-refractivity contribution in [1.82, 2.24) is 9.88 Å². The Labute approximate surface area is 261 Å². The molecular weight excluding hydrogens is 604 g/mol. The number of sulfonamides is 1. The van der Waals surface area contributed by atoms with E-state index >= 15 is 0 Å². The molecule has 43 heavy (non-hydrogen) atoms. The van der Waals surface area contributed by atoms with Crippen molar-refractivity contribution in [2.75, 3.05) is 31.6 Å². The van der Waals surface area contributed by atoms with Crippen molar-refractivity contribution in [3.8, 4) is 11.3 Å². The van der Waals surface area contributed by atoms with E-state index in [2.05, 4.69) is 34.6 Å². The Kier molecular flexibility index (Phi) is 10.5. The number of benzene rings is 3. The third-order valence-corrected chi connectivity index (χ3v) is 9.88. The van der Waals surface area contributed by atoms with Crippen LogP contribution in [0.15, 0.2) is 89.8 Å². The van der Waals surface area contributed by atoms with Gasteiger partial charge >= 0.3 is 6.03 Å². The number of anilines is 1. The topological polar surface area (TPSA) is 115 Å². The molecule has 3 aromatic carbocycles. The minimum absolute atomic E-state index is 0.000563. The fraction of sp³-hybridized carbons (Fsp3) is 0.312. The summed E-state index contributed by atoms with van der Waals surface area (Å²) >= 11 is 7.67. The van der Waals surface area contributed by atoms with Crippen molar-refractivity contribution in [3.63, 3.8) is 0 Å². The van der Waals surface area contributed by atoms with E-state index < -0.39 is 10.0 Å². The molecule has 4 aromatic rings. The first kappa shape index (κ1) is 31.2. The first-order chi connectivity index (χ1) is 20.8. The number of urea groups is 1. The van der Waals surface area contributed by atoms with Crippen molar-refractivity contribution < 1.29 is 17.9 Å². The van der Waals surface area contributed by atoms with Gasteiger partial charge in [0.05, 0.1) is 4.90 Å². The minimum Gasteiger partial charge on any atom is -0.381 e. The van der Waals surface area contributed by atoms with E-state index in [1.807, 2.05) is 41.3 Å². The maximum absolute atomic E-state index is 13.7. The zero-order valence-corrected chi connectivity index (χ0v) is 26.1. The number of carbonyl (C=O) groups excluding carboxylic acids is 1. The smallest absolute Gasteiger partial charge is 0.323 e. The standard InChI is InChI=1S/C32H35ClN4O4S2/c33-30-29(26-11-13-27(14-12-26)43(34,39)40)35-31(42-30)36-32(38)37(19-15-23-17-21-41-22-18-23)20-16-28(24-7-3-1-4-8-24)25-9-5-2-6-10-25/h1-14,23,28H,15-22H2,(H2,34,39,40)(H,35,36,38). The highest BCUT2D eigenvalue weighted by atomic mass is 35.5. The fourth-order valence-corrected chi connectivity index (χ4v) is 6.97. The second-order valence-corrected chi connectivity index (χ2v) is 13.8. The summed E-state index contributed by atoms with van der Waals surface area (Å²) in [6.07, 6.45) is 3.66. The molecule has 1 aliphatic heterocycles. The number of nitrogens with zero attached hydrogens (tertiary/aromatic N) is 2. The van der Waals surface area contributed by atoms with Crippen LogP contribution in [0.25, 0.3) is 11.3 Å². The Hall–Kier alpha value is -3.28. The number of amides is 2. The predicted molar refractivity (Wildman–Crippen MR) is 172 cm³/mol. The van der Waals surface area contributed by atoms with Crippen LogP contribution in [0.5, 0.6) is 0 Å². The SMILES string of the molecule is NS(=O)(=O)c1ccc(-c2nc(NC(=O)N(CCC3CCOCC3)CCC(c3ccccc3)c3ccccc3)sc2Cl)cc1. The van der Waals surface area contributed by atoms with Crippen LogP contribution in [0.4, 0.5) is 9.93 Å². The van der Waals surface area contributed by atoms with Crippen molar-refractivity contribution in [2.24, 2.45) is 11.1 Å². The normalized spacial score (nSPS) is 14.1. The number of thiazole rings is 1. The van der Waals surface area contributed by atoms with E-state index in [1.54, 1.807) is 12.1 Å². The highest BCUT2D eigenvalue weighted by molar-refractivity contribution is 7.89. The molecular formula is C32H35ClN4O4S2. The molecule has 0 atom stereocenters. The summed E-state index contributed by atoms with van der Waals surface area (Å²) in [5.74, 6) is 0.659. The minimum atomic E-state index is -3.81. The molecule has 1 aromatic heterocycles. The molecule has 0 bridgehead atoms. The zero-order valence-electron chi connectivity index (χ0n) is 23.7. The summed E-state index contributed by atoms with van der Waals surface area (Å²) in [7, 11) is -3.81. The quantitative estimate of drug-likeness (QED) is 0.184. The lowest BCUT2D eigenvalue weighted by Crippen LogP contribution is -2.38. The summed E-state index contributed by atoms with van der Waals surface area (Å²) < 4.78 is 29.2. The van der Waals surface area contributed by atoms with Gasteiger partial charge < -0.3 is 9.64 Å². The molecule has 0 unspecified atom stereocenters. The van der Waals surface area contributed by atoms with Gasteiger partial charge in [-0.1, -0.05) is 95.7 Å². The van der Waals surface area contributed by atoms with E-state index in [0.717, 1.165) is 38.9 Å². The molecule has 1 aliphatic rings. The Morgan fingerprint density at radius 3 is 2.16 bits per heavy atom. The van der Waals surface area contributed by atoms with E-state index in [0.29, 0.717) is 39.7 Å². The molecule has 0 saturated carbocycles. The molecule has 2 amide bonds. The van der Waals surface area contributed by atoms with Gasteiger partial charge in [0.15, 0.2) is 5.13 Å². The van der Waals surface area contributed by atoms with Gasteiger partial charge in [0.1, 0.15) is 10.0 Å². The zero-order chi connectivity index (χ0) is 30.2. The van der Waals surface area contributed by atoms with Crippen molar-refractivity contribution in [3.05, 3.63) is 100 Å². The molecule has 0 aliphatic carbocycles. The van der Waals surface area contributed by atoms with E-state index in [1.165, 1.54) is 34.6 Å². The molecule has 0 radical (unpaired) electrons. The average molecular weight is 639 g/mol. The van der Waals surface area contributed by atoms with E-state index in [4.69, 9.17) is 21.5 Å². The molecule has 11 heteroatoms. The highest BCUT2D eigenvalue weighted by Crippen LogP contribution is 2.36. The summed E-state index contributed by atoms with van der Waals surface area (Å²) in [4.78, 5) is 20.2. The maximum Gasteiger partial charge on any atom is 0.323 e. The maximum atomic E-state index is 13.7. The second kappa shape index (κ2) is 14.5. The Bertz CT molecular complexity index is 1550. The van der Waals surface area contributed by atoms with Gasteiger partial charge in [0.25, 0.3) is 0 Å². The van der Waals surface area contributed by atoms with Crippen LogP contribution in [-0.4, -0.2) is 50.6 Å². The van der Waals surface area contributed by atoms with Gasteiger partial charge in [-0.2, -0.15) is 0 Å². The molecule has 1 saturated heterocycles. The lowest BCUT2D eigenvalue weighted by molar-refractivity contribution is 0.0614. The Morgan fingerprint density at radius 1 is 0.977 bits per heavy atom. The van der Waals surface area contributed by atoms with Crippen molar-refractivity contribution in [1.29, 1.82) is 0 Å². The number of carbonyl (C=O) groups is 1. The van der Waals surface area contributed by atoms with Gasteiger partial charge in [0, 0.05) is 37.8 Å². The molecule has 1 fully saturated rings. The Morgan fingerprint density at radius 2 is 1.58 bits per heavy atom. The fourth-order valence-electron chi connectivity index (χ4n) is 5.38. The van der Waals surface area contributed by atoms with E-state index in [9.17, 15) is 13.2 Å². The first-order valence-corrected chi connectivity index (χ1v) is 17.0. The summed E-state index contributed by atoms with van der Waals surface area (Å²) in [5, 5.41) is 8.56. The molecule has 226 valence electrons. The molecule has 0 spiro atoms. The number of halogens is 1. The monoisotopic (exact) mass is 638 g/mol. The Balaban J connectivity index is 1.33. The molecule has 2 heterocycles. The molecule has 3 N–H and O–H groups in total. The van der Waals surface area contributed by atoms with Crippen LogP contribution in [0.2, 0.25) is 4.34 Å². The lowest BCUT2D eigenvalue weighted by atomic mass is 9.88. The first-order valence-electron chi connectivity index (χ1n) is 14.3. The summed E-state index contributed by atoms with van der Waals surface area (Å²) in [6.45, 7) is 2.71. The molecule has 8 nitrogen and oxygen atoms in total. The van der Waals surface area contributed by atoms with Crippen LogP contribution in [0.3, 0.4) is 0 Å². The number of aromatic nitrogens is 1. The van der Waals surface area contributed by atoms with Gasteiger partial charge in [0.2, 0.25) is 10.0 Å². The van der Waals surface area contributed by atoms with Crippen LogP contribution < -0.4 is 10.5 Å². The largest absolute Gasteiger partial charge is 0.381 e. The number of hydrogen-bond donors (Lipinski definition) is 2. The highest BCUT2D eigenvalue weighted by Gasteiger charge is 2.23. The lowest BCUT2D eigenvalue weighted by Gasteiger charge is -2.29. The van der Waals surface area contributed by atoms with Gasteiger partial charge in [-0.25, -0.2) is 23.3 Å². The average Bonchev–Trinajstić information content (AvgIpc) is 3.39. The number of primary sulfonamides is 1.